The van der Waals surface area contributed by atoms with Crippen molar-refractivity contribution in [1.29, 1.82) is 0 Å². The highest BCUT2D eigenvalue weighted by Gasteiger charge is 2.02. The lowest BCUT2D eigenvalue weighted by atomic mass is 10.2. The molecule has 0 unspecified atom stereocenters. The van der Waals surface area contributed by atoms with E-state index in [1.165, 1.54) is 11.3 Å². The summed E-state index contributed by atoms with van der Waals surface area (Å²) in [5.74, 6) is 0.966. The van der Waals surface area contributed by atoms with Crippen LogP contribution in [0.2, 0.25) is 0 Å². The van der Waals surface area contributed by atoms with E-state index in [2.05, 4.69) is 10.2 Å². The van der Waals surface area contributed by atoms with E-state index in [4.69, 9.17) is 10.2 Å². The van der Waals surface area contributed by atoms with Gasteiger partial charge in [0.1, 0.15) is 10.8 Å². The minimum absolute atomic E-state index is 0.523. The van der Waals surface area contributed by atoms with Crippen LogP contribution in [-0.4, -0.2) is 10.2 Å². The van der Waals surface area contributed by atoms with E-state index in [1.807, 2.05) is 12.1 Å². The fourth-order valence-corrected chi connectivity index (χ4v) is 1.66. The average Bonchev–Trinajstić information content (AvgIpc) is 2.71. The number of furan rings is 1. The molecule has 2 N–H and O–H groups in total. The van der Waals surface area contributed by atoms with Crippen LogP contribution in [0.4, 0.5) is 5.13 Å². The molecule has 0 saturated heterocycles. The largest absolute Gasteiger partial charge is 0.469 e. The van der Waals surface area contributed by atoms with Gasteiger partial charge in [0.15, 0.2) is 0 Å². The van der Waals surface area contributed by atoms with Crippen molar-refractivity contribution in [2.24, 2.45) is 0 Å². The maximum atomic E-state index is 5.45. The van der Waals surface area contributed by atoms with E-state index in [0.717, 1.165) is 23.6 Å². The molecule has 0 bridgehead atoms. The molecule has 0 spiro atoms. The molecule has 0 atom stereocenters. The maximum absolute atomic E-state index is 5.45. The molecule has 2 rings (SSSR count). The Balaban J connectivity index is 1.93. The van der Waals surface area contributed by atoms with Gasteiger partial charge in [-0.25, -0.2) is 0 Å². The summed E-state index contributed by atoms with van der Waals surface area (Å²) in [6.07, 6.45) is 3.35. The summed E-state index contributed by atoms with van der Waals surface area (Å²) in [6, 6.07) is 3.83. The van der Waals surface area contributed by atoms with Gasteiger partial charge in [0.2, 0.25) is 5.13 Å². The van der Waals surface area contributed by atoms with Crippen molar-refractivity contribution in [3.63, 3.8) is 0 Å². The topological polar surface area (TPSA) is 64.9 Å². The monoisotopic (exact) mass is 195 g/mol. The van der Waals surface area contributed by atoms with Crippen LogP contribution in [0.15, 0.2) is 22.8 Å². The number of nitrogen functional groups attached to an aromatic ring is 1. The first-order valence-corrected chi connectivity index (χ1v) is 4.76. The number of nitrogens with two attached hydrogens (primary N) is 1. The summed E-state index contributed by atoms with van der Waals surface area (Å²) in [5.41, 5.74) is 5.45. The van der Waals surface area contributed by atoms with E-state index >= 15 is 0 Å². The molecule has 2 heterocycles. The van der Waals surface area contributed by atoms with Crippen LogP contribution >= 0.6 is 11.3 Å². The fourth-order valence-electron chi connectivity index (χ4n) is 1.05. The Morgan fingerprint density at radius 2 is 2.31 bits per heavy atom. The van der Waals surface area contributed by atoms with Gasteiger partial charge in [-0.1, -0.05) is 11.3 Å². The van der Waals surface area contributed by atoms with Crippen LogP contribution in [0.5, 0.6) is 0 Å². The standard InChI is InChI=1S/C8H9N3OS/c9-8-11-10-7(13-8)4-3-6-2-1-5-12-6/h1-2,5H,3-4H2,(H2,9,11). The van der Waals surface area contributed by atoms with Crippen molar-refractivity contribution >= 4 is 16.5 Å². The van der Waals surface area contributed by atoms with Crippen molar-refractivity contribution < 1.29 is 4.42 Å². The number of aromatic nitrogens is 2. The van der Waals surface area contributed by atoms with E-state index < -0.39 is 0 Å². The molecule has 68 valence electrons. The molecule has 0 saturated carbocycles. The van der Waals surface area contributed by atoms with Gasteiger partial charge in [-0.15, -0.1) is 10.2 Å². The first-order chi connectivity index (χ1) is 6.34. The molecular formula is C8H9N3OS. The zero-order valence-corrected chi connectivity index (χ0v) is 7.75. The molecule has 0 radical (unpaired) electrons. The quantitative estimate of drug-likeness (QED) is 0.806. The zero-order valence-electron chi connectivity index (χ0n) is 6.93. The number of rotatable bonds is 3. The van der Waals surface area contributed by atoms with Crippen molar-refractivity contribution in [2.45, 2.75) is 12.8 Å². The molecule has 2 aromatic heterocycles. The van der Waals surface area contributed by atoms with Crippen LogP contribution in [0.1, 0.15) is 10.8 Å². The van der Waals surface area contributed by atoms with Gasteiger partial charge in [0.05, 0.1) is 6.26 Å². The van der Waals surface area contributed by atoms with Crippen molar-refractivity contribution in [3.05, 3.63) is 29.2 Å². The molecule has 0 aliphatic heterocycles. The van der Waals surface area contributed by atoms with Gasteiger partial charge in [0, 0.05) is 12.8 Å². The Kier molecular flexibility index (Phi) is 2.27. The van der Waals surface area contributed by atoms with Crippen molar-refractivity contribution in [3.8, 4) is 0 Å². The summed E-state index contributed by atoms with van der Waals surface area (Å²) < 4.78 is 5.19. The molecule has 0 aromatic carbocycles. The Bertz CT molecular complexity index is 368. The highest BCUT2D eigenvalue weighted by molar-refractivity contribution is 7.15. The Morgan fingerprint density at radius 1 is 1.38 bits per heavy atom. The Labute approximate surface area is 79.4 Å². The lowest BCUT2D eigenvalue weighted by Crippen LogP contribution is -1.88. The van der Waals surface area contributed by atoms with Crippen molar-refractivity contribution in [2.75, 3.05) is 5.73 Å². The van der Waals surface area contributed by atoms with Gasteiger partial charge in [-0.2, -0.15) is 0 Å². The number of aryl methyl sites for hydroxylation is 2. The average molecular weight is 195 g/mol. The fraction of sp³-hybridized carbons (Fsp3) is 0.250. The molecule has 0 amide bonds. The zero-order chi connectivity index (χ0) is 9.10. The number of hydrogen-bond acceptors (Lipinski definition) is 5. The molecule has 0 fully saturated rings. The molecule has 4 nitrogen and oxygen atoms in total. The highest BCUT2D eigenvalue weighted by atomic mass is 32.1. The number of nitrogens with zero attached hydrogens (tertiary/aromatic N) is 2. The summed E-state index contributed by atoms with van der Waals surface area (Å²) in [6.45, 7) is 0. The van der Waals surface area contributed by atoms with Gasteiger partial charge in [-0.3, -0.25) is 0 Å². The third-order valence-electron chi connectivity index (χ3n) is 1.65. The molecule has 5 heteroatoms. The van der Waals surface area contributed by atoms with Gasteiger partial charge in [-0.05, 0) is 12.1 Å². The van der Waals surface area contributed by atoms with E-state index in [9.17, 15) is 0 Å². The van der Waals surface area contributed by atoms with Crippen molar-refractivity contribution in [1.82, 2.24) is 10.2 Å². The summed E-state index contributed by atoms with van der Waals surface area (Å²) in [5, 5.41) is 9.12. The highest BCUT2D eigenvalue weighted by Crippen LogP contribution is 2.13. The second kappa shape index (κ2) is 3.57. The lowest BCUT2D eigenvalue weighted by Gasteiger charge is -1.91. The van der Waals surface area contributed by atoms with Crippen LogP contribution < -0.4 is 5.73 Å². The minimum Gasteiger partial charge on any atom is -0.469 e. The lowest BCUT2D eigenvalue weighted by molar-refractivity contribution is 0.508. The summed E-state index contributed by atoms with van der Waals surface area (Å²) in [7, 11) is 0. The smallest absolute Gasteiger partial charge is 0.203 e. The SMILES string of the molecule is Nc1nnc(CCc2ccco2)s1. The Hall–Kier alpha value is -1.36. The van der Waals surface area contributed by atoms with Crippen LogP contribution in [-0.2, 0) is 12.8 Å². The number of anilines is 1. The summed E-state index contributed by atoms with van der Waals surface area (Å²) in [4.78, 5) is 0. The Morgan fingerprint density at radius 3 is 2.92 bits per heavy atom. The molecule has 0 aliphatic rings. The maximum Gasteiger partial charge on any atom is 0.203 e. The second-order valence-corrected chi connectivity index (χ2v) is 3.71. The van der Waals surface area contributed by atoms with E-state index in [0.29, 0.717) is 5.13 Å². The van der Waals surface area contributed by atoms with Crippen LogP contribution in [0, 0.1) is 0 Å². The van der Waals surface area contributed by atoms with Crippen LogP contribution in [0.25, 0.3) is 0 Å². The van der Waals surface area contributed by atoms with E-state index in [1.54, 1.807) is 6.26 Å². The van der Waals surface area contributed by atoms with Gasteiger partial charge in [0.25, 0.3) is 0 Å². The number of hydrogen-bond donors (Lipinski definition) is 1. The molecule has 2 aromatic rings. The predicted octanol–water partition coefficient (Wildman–Crippen LogP) is 1.50. The second-order valence-electron chi connectivity index (χ2n) is 2.61. The van der Waals surface area contributed by atoms with Gasteiger partial charge >= 0.3 is 0 Å². The first kappa shape index (κ1) is 8.25. The predicted molar refractivity (Wildman–Crippen MR) is 50.4 cm³/mol. The molecular weight excluding hydrogens is 186 g/mol. The summed E-state index contributed by atoms with van der Waals surface area (Å²) >= 11 is 1.42. The minimum atomic E-state index is 0.523. The molecule has 0 aliphatic carbocycles. The first-order valence-electron chi connectivity index (χ1n) is 3.95. The molecule has 13 heavy (non-hydrogen) atoms. The van der Waals surface area contributed by atoms with Crippen LogP contribution in [0.3, 0.4) is 0 Å². The third kappa shape index (κ3) is 2.06. The van der Waals surface area contributed by atoms with E-state index in [-0.39, 0.29) is 0 Å². The third-order valence-corrected chi connectivity index (χ3v) is 2.46. The normalized spacial score (nSPS) is 10.5. The van der Waals surface area contributed by atoms with Gasteiger partial charge < -0.3 is 10.2 Å².